The molecule has 6 nitrogen and oxygen atoms in total. The summed E-state index contributed by atoms with van der Waals surface area (Å²) in [6, 6.07) is 0. The third kappa shape index (κ3) is 6.98. The molecule has 0 N–H and O–H groups in total. The van der Waals surface area contributed by atoms with Crippen LogP contribution in [0, 0.1) is 11.8 Å². The van der Waals surface area contributed by atoms with Crippen LogP contribution >= 0.6 is 0 Å². The molecular formula is C12H24N4O2. The monoisotopic (exact) mass is 256 g/mol. The summed E-state index contributed by atoms with van der Waals surface area (Å²) >= 11 is 0. The number of hydrogen-bond acceptors (Lipinski definition) is 4. The van der Waals surface area contributed by atoms with Gasteiger partial charge in [-0.25, -0.2) is 10.0 Å². The molecule has 0 heterocycles. The van der Waals surface area contributed by atoms with Gasteiger partial charge in [0.25, 0.3) is 0 Å². The third-order valence-corrected chi connectivity index (χ3v) is 2.06. The Balaban J connectivity index is 4.70. The molecule has 104 valence electrons. The molecule has 0 radical (unpaired) electrons. The van der Waals surface area contributed by atoms with Gasteiger partial charge in [-0.1, -0.05) is 27.7 Å². The second-order valence-electron chi connectivity index (χ2n) is 5.17. The highest BCUT2D eigenvalue weighted by Crippen LogP contribution is 2.04. The van der Waals surface area contributed by atoms with Crippen LogP contribution in [-0.4, -0.2) is 34.9 Å². The average Bonchev–Trinajstić information content (AvgIpc) is 2.20. The van der Waals surface area contributed by atoms with E-state index in [1.165, 1.54) is 23.9 Å². The molecule has 2 amide bonds. The normalized spacial score (nSPS) is 11.3. The second kappa shape index (κ2) is 7.79. The van der Waals surface area contributed by atoms with Crippen LogP contribution in [0.2, 0.25) is 0 Å². The van der Waals surface area contributed by atoms with Crippen molar-refractivity contribution < 1.29 is 9.59 Å². The van der Waals surface area contributed by atoms with Gasteiger partial charge in [0.1, 0.15) is 0 Å². The predicted octanol–water partition coefficient (Wildman–Crippen LogP) is 2.28. The van der Waals surface area contributed by atoms with Gasteiger partial charge in [0.2, 0.25) is 11.8 Å². The van der Waals surface area contributed by atoms with Crippen molar-refractivity contribution in [2.45, 2.75) is 41.5 Å². The van der Waals surface area contributed by atoms with E-state index in [0.717, 1.165) is 0 Å². The fourth-order valence-corrected chi connectivity index (χ4v) is 1.24. The second-order valence-corrected chi connectivity index (χ2v) is 5.17. The Kier molecular flexibility index (Phi) is 7.16. The third-order valence-electron chi connectivity index (χ3n) is 2.06. The maximum atomic E-state index is 11.4. The molecule has 0 fully saturated rings. The first kappa shape index (κ1) is 16.5. The minimum atomic E-state index is -0.180. The van der Waals surface area contributed by atoms with Crippen molar-refractivity contribution >= 4 is 11.8 Å². The van der Waals surface area contributed by atoms with Gasteiger partial charge < -0.3 is 0 Å². The molecule has 0 bridgehead atoms. The fourth-order valence-electron chi connectivity index (χ4n) is 1.24. The first-order chi connectivity index (χ1) is 8.23. The summed E-state index contributed by atoms with van der Waals surface area (Å²) in [4.78, 5) is 22.7. The molecule has 0 spiro atoms. The van der Waals surface area contributed by atoms with Gasteiger partial charge in [0.15, 0.2) is 0 Å². The summed E-state index contributed by atoms with van der Waals surface area (Å²) in [5, 5.41) is 10.3. The minimum absolute atomic E-state index is 0.180. The van der Waals surface area contributed by atoms with E-state index in [0.29, 0.717) is 24.9 Å². The number of amides is 2. The lowest BCUT2D eigenvalue weighted by Gasteiger charge is -2.19. The fraction of sp³-hybridized carbons (Fsp3) is 0.833. The van der Waals surface area contributed by atoms with E-state index in [-0.39, 0.29) is 11.8 Å². The Morgan fingerprint density at radius 1 is 0.833 bits per heavy atom. The molecule has 0 aliphatic rings. The molecule has 0 unspecified atom stereocenters. The molecule has 0 saturated heterocycles. The zero-order chi connectivity index (χ0) is 14.3. The maximum absolute atomic E-state index is 11.4. The average molecular weight is 256 g/mol. The molecule has 0 saturated carbocycles. The summed E-state index contributed by atoms with van der Waals surface area (Å²) in [7, 11) is 0. The predicted molar refractivity (Wildman–Crippen MR) is 69.3 cm³/mol. The van der Waals surface area contributed by atoms with Crippen molar-refractivity contribution in [3.05, 3.63) is 0 Å². The van der Waals surface area contributed by atoms with E-state index in [9.17, 15) is 9.59 Å². The molecule has 0 aromatic rings. The lowest BCUT2D eigenvalue weighted by Crippen LogP contribution is -2.30. The quantitative estimate of drug-likeness (QED) is 0.540. The molecule has 0 atom stereocenters. The zero-order valence-corrected chi connectivity index (χ0v) is 12.2. The molecule has 18 heavy (non-hydrogen) atoms. The van der Waals surface area contributed by atoms with Gasteiger partial charge in [-0.05, 0) is 22.3 Å². The Labute approximate surface area is 109 Å². The van der Waals surface area contributed by atoms with Crippen molar-refractivity contribution in [1.82, 2.24) is 10.0 Å². The van der Waals surface area contributed by atoms with Crippen molar-refractivity contribution in [2.75, 3.05) is 13.1 Å². The van der Waals surface area contributed by atoms with Crippen molar-refractivity contribution in [2.24, 2.45) is 22.3 Å². The number of carbonyl (C=O) groups excluding carboxylic acids is 2. The summed E-state index contributed by atoms with van der Waals surface area (Å²) in [6.07, 6.45) is 0. The van der Waals surface area contributed by atoms with Gasteiger partial charge in [-0.2, -0.15) is 0 Å². The van der Waals surface area contributed by atoms with Crippen molar-refractivity contribution in [1.29, 1.82) is 0 Å². The van der Waals surface area contributed by atoms with Gasteiger partial charge in [-0.15, -0.1) is 0 Å². The molecule has 0 aliphatic carbocycles. The van der Waals surface area contributed by atoms with Crippen LogP contribution in [0.4, 0.5) is 0 Å². The van der Waals surface area contributed by atoms with Crippen LogP contribution in [0.1, 0.15) is 41.5 Å². The topological polar surface area (TPSA) is 65.3 Å². The molecule has 0 aliphatic heterocycles. The molecule has 0 aromatic carbocycles. The standard InChI is InChI=1S/C12H24N4O2/c1-9(2)7-15(11(5)17)13-14-16(12(6)18)8-10(3)4/h9-10H,7-8H2,1-6H3/b14-13+. The van der Waals surface area contributed by atoms with E-state index >= 15 is 0 Å². The smallest absolute Gasteiger partial charge is 0.240 e. The summed E-state index contributed by atoms with van der Waals surface area (Å²) in [5.41, 5.74) is 0. The number of carbonyl (C=O) groups is 2. The highest BCUT2D eigenvalue weighted by atomic mass is 16.2. The van der Waals surface area contributed by atoms with Gasteiger partial charge in [0, 0.05) is 26.9 Å². The number of nitrogens with zero attached hydrogens (tertiary/aromatic N) is 4. The number of rotatable bonds is 6. The van der Waals surface area contributed by atoms with Gasteiger partial charge in [-0.3, -0.25) is 9.59 Å². The van der Waals surface area contributed by atoms with Crippen LogP contribution < -0.4 is 0 Å². The zero-order valence-electron chi connectivity index (χ0n) is 12.2. The molecule has 0 rings (SSSR count). The highest BCUT2D eigenvalue weighted by molar-refractivity contribution is 5.73. The highest BCUT2D eigenvalue weighted by Gasteiger charge is 2.13. The van der Waals surface area contributed by atoms with Gasteiger partial charge in [0.05, 0.1) is 0 Å². The van der Waals surface area contributed by atoms with Crippen molar-refractivity contribution in [3.63, 3.8) is 0 Å². The van der Waals surface area contributed by atoms with Gasteiger partial charge >= 0.3 is 0 Å². The Bertz CT molecular complexity index is 283. The number of hydrogen-bond donors (Lipinski definition) is 0. The van der Waals surface area contributed by atoms with E-state index < -0.39 is 0 Å². The van der Waals surface area contributed by atoms with Crippen molar-refractivity contribution in [3.8, 4) is 0 Å². The van der Waals surface area contributed by atoms with Crippen LogP contribution in [-0.2, 0) is 9.59 Å². The van der Waals surface area contributed by atoms with E-state index in [1.807, 2.05) is 27.7 Å². The Morgan fingerprint density at radius 3 is 1.28 bits per heavy atom. The lowest BCUT2D eigenvalue weighted by atomic mass is 10.2. The SMILES string of the molecule is CC(=O)N(CC(C)C)/N=N/N(CC(C)C)C(C)=O. The minimum Gasteiger partial charge on any atom is -0.273 e. The lowest BCUT2D eigenvalue weighted by molar-refractivity contribution is -0.133. The van der Waals surface area contributed by atoms with Crippen LogP contribution in [0.5, 0.6) is 0 Å². The summed E-state index contributed by atoms with van der Waals surface area (Å²) in [5.74, 6) is 0.230. The molecule has 6 heteroatoms. The molecular weight excluding hydrogens is 232 g/mol. The van der Waals surface area contributed by atoms with Crippen LogP contribution in [0.3, 0.4) is 0 Å². The van der Waals surface area contributed by atoms with E-state index in [1.54, 1.807) is 0 Å². The maximum Gasteiger partial charge on any atom is 0.240 e. The van der Waals surface area contributed by atoms with E-state index in [4.69, 9.17) is 0 Å². The summed E-state index contributed by atoms with van der Waals surface area (Å²) < 4.78 is 0. The van der Waals surface area contributed by atoms with E-state index in [2.05, 4.69) is 10.4 Å². The summed E-state index contributed by atoms with van der Waals surface area (Å²) in [6.45, 7) is 11.8. The first-order valence-corrected chi connectivity index (χ1v) is 6.21. The largest absolute Gasteiger partial charge is 0.273 e. The first-order valence-electron chi connectivity index (χ1n) is 6.21. The molecule has 0 aromatic heterocycles. The van der Waals surface area contributed by atoms with Crippen LogP contribution in [0.25, 0.3) is 0 Å². The van der Waals surface area contributed by atoms with Crippen LogP contribution in [0.15, 0.2) is 10.4 Å². The Hall–Kier alpha value is -1.46. The Morgan fingerprint density at radius 2 is 1.11 bits per heavy atom.